The molecule has 164 valence electrons. The molecule has 1 atom stereocenters. The molecule has 0 spiro atoms. The van der Waals surface area contributed by atoms with Crippen molar-refractivity contribution in [1.82, 2.24) is 9.88 Å². The van der Waals surface area contributed by atoms with Crippen LogP contribution in [-0.2, 0) is 19.6 Å². The number of carbonyl (C=O) groups excluding carboxylic acids is 1. The lowest BCUT2D eigenvalue weighted by molar-refractivity contribution is -0.121. The summed E-state index contributed by atoms with van der Waals surface area (Å²) in [5.41, 5.74) is 1.08. The summed E-state index contributed by atoms with van der Waals surface area (Å²) in [6.45, 7) is 1.76. The largest absolute Gasteiger partial charge is 0.474 e. The molecule has 4 rings (SSSR count). The van der Waals surface area contributed by atoms with E-state index in [1.165, 1.54) is 0 Å². The van der Waals surface area contributed by atoms with Crippen LogP contribution in [0.25, 0.3) is 0 Å². The average molecular weight is 445 g/mol. The summed E-state index contributed by atoms with van der Waals surface area (Å²) in [4.78, 5) is 19.3. The summed E-state index contributed by atoms with van der Waals surface area (Å²) in [5, 5.41) is 2.90. The zero-order chi connectivity index (χ0) is 21.8. The first-order valence-electron chi connectivity index (χ1n) is 10.1. The number of ether oxygens (including phenoxy) is 2. The number of pyridine rings is 1. The fraction of sp³-hybridized carbons (Fsp3) is 0.381. The topological polar surface area (TPSA) is 110 Å². The molecule has 0 aliphatic carbocycles. The van der Waals surface area contributed by atoms with Gasteiger partial charge in [-0.2, -0.15) is 8.42 Å². The van der Waals surface area contributed by atoms with E-state index in [0.29, 0.717) is 55.7 Å². The van der Waals surface area contributed by atoms with Crippen molar-refractivity contribution in [3.8, 4) is 5.88 Å². The predicted octanol–water partition coefficient (Wildman–Crippen LogP) is 1.91. The van der Waals surface area contributed by atoms with Crippen molar-refractivity contribution in [1.29, 1.82) is 0 Å². The van der Waals surface area contributed by atoms with Crippen LogP contribution in [0, 0.1) is 5.92 Å². The van der Waals surface area contributed by atoms with Gasteiger partial charge < -0.3 is 19.7 Å². The van der Waals surface area contributed by atoms with Crippen molar-refractivity contribution in [3.05, 3.63) is 48.2 Å². The first kappa shape index (κ1) is 21.3. The first-order chi connectivity index (χ1) is 15.0. The van der Waals surface area contributed by atoms with Crippen LogP contribution in [-0.4, -0.2) is 63.5 Å². The third-order valence-electron chi connectivity index (χ3n) is 5.26. The van der Waals surface area contributed by atoms with Gasteiger partial charge in [-0.25, -0.2) is 4.98 Å². The Morgan fingerprint density at radius 2 is 2.06 bits per heavy atom. The minimum absolute atomic E-state index is 0.163. The molecule has 1 N–H and O–H groups in total. The van der Waals surface area contributed by atoms with E-state index in [1.54, 1.807) is 49.7 Å². The van der Waals surface area contributed by atoms with Gasteiger partial charge in [0.2, 0.25) is 11.8 Å². The standard InChI is InChI=1S/C21H24N4O5S/c1-29-12-13-30-21-17(8-4-10-22-21)23-20(26)15-6-5-11-25(14-15)19-16-7-2-3-9-18(16)31(27,28)24-19/h2-4,7-10,15H,5-6,11-14H2,1H3,(H,23,26). The van der Waals surface area contributed by atoms with Crippen LogP contribution >= 0.6 is 0 Å². The van der Waals surface area contributed by atoms with Gasteiger partial charge in [0.05, 0.1) is 12.5 Å². The van der Waals surface area contributed by atoms with E-state index >= 15 is 0 Å². The lowest BCUT2D eigenvalue weighted by Crippen LogP contribution is -2.43. The molecule has 0 bridgehead atoms. The second-order valence-corrected chi connectivity index (χ2v) is 8.93. The number of carbonyl (C=O) groups is 1. The predicted molar refractivity (Wildman–Crippen MR) is 115 cm³/mol. The van der Waals surface area contributed by atoms with E-state index in [2.05, 4.69) is 14.7 Å². The van der Waals surface area contributed by atoms with Crippen LogP contribution in [0.3, 0.4) is 0 Å². The first-order valence-corrected chi connectivity index (χ1v) is 11.5. The Labute approximate surface area is 181 Å². The van der Waals surface area contributed by atoms with Crippen LogP contribution in [0.5, 0.6) is 5.88 Å². The van der Waals surface area contributed by atoms with Gasteiger partial charge >= 0.3 is 0 Å². The number of sulfonamides is 1. The number of nitrogens with zero attached hydrogens (tertiary/aromatic N) is 3. The molecule has 31 heavy (non-hydrogen) atoms. The zero-order valence-corrected chi connectivity index (χ0v) is 18.0. The second kappa shape index (κ2) is 9.03. The highest BCUT2D eigenvalue weighted by Crippen LogP contribution is 2.30. The fourth-order valence-corrected chi connectivity index (χ4v) is 4.99. The van der Waals surface area contributed by atoms with E-state index < -0.39 is 10.0 Å². The summed E-state index contributed by atoms with van der Waals surface area (Å²) in [5.74, 6) is 0.266. The summed E-state index contributed by atoms with van der Waals surface area (Å²) in [7, 11) is -2.12. The monoisotopic (exact) mass is 444 g/mol. The summed E-state index contributed by atoms with van der Waals surface area (Å²) in [6.07, 6.45) is 3.05. The minimum atomic E-state index is -3.70. The highest BCUT2D eigenvalue weighted by Gasteiger charge is 2.35. The number of fused-ring (bicyclic) bond motifs is 1. The lowest BCUT2D eigenvalue weighted by atomic mass is 9.96. The molecule has 2 aliphatic rings. The smallest absolute Gasteiger partial charge is 0.285 e. The molecule has 9 nitrogen and oxygen atoms in total. The maximum Gasteiger partial charge on any atom is 0.285 e. The fourth-order valence-electron chi connectivity index (χ4n) is 3.76. The van der Waals surface area contributed by atoms with E-state index in [4.69, 9.17) is 9.47 Å². The van der Waals surface area contributed by atoms with Crippen LogP contribution in [0.2, 0.25) is 0 Å². The maximum atomic E-state index is 13.0. The van der Waals surface area contributed by atoms with Crippen molar-refractivity contribution in [2.75, 3.05) is 38.7 Å². The number of amides is 1. The quantitative estimate of drug-likeness (QED) is 0.678. The molecule has 1 fully saturated rings. The molecule has 10 heteroatoms. The van der Waals surface area contributed by atoms with Gasteiger partial charge in [-0.05, 0) is 37.1 Å². The van der Waals surface area contributed by atoms with Gasteiger partial charge in [0.25, 0.3) is 10.0 Å². The molecule has 1 saturated heterocycles. The number of amidine groups is 1. The molecule has 2 aromatic rings. The molecular formula is C21H24N4O5S. The Morgan fingerprint density at radius 1 is 1.23 bits per heavy atom. The third-order valence-corrected chi connectivity index (χ3v) is 6.58. The number of likely N-dealkylation sites (tertiary alicyclic amines) is 1. The van der Waals surface area contributed by atoms with Crippen molar-refractivity contribution in [2.24, 2.45) is 10.3 Å². The van der Waals surface area contributed by atoms with Crippen molar-refractivity contribution in [3.63, 3.8) is 0 Å². The molecule has 1 aromatic carbocycles. The van der Waals surface area contributed by atoms with Gasteiger partial charge in [-0.3, -0.25) is 4.79 Å². The van der Waals surface area contributed by atoms with Crippen LogP contribution in [0.15, 0.2) is 51.9 Å². The molecule has 1 unspecified atom stereocenters. The van der Waals surface area contributed by atoms with Crippen molar-refractivity contribution < 1.29 is 22.7 Å². The van der Waals surface area contributed by atoms with Gasteiger partial charge in [0.15, 0.2) is 5.84 Å². The van der Waals surface area contributed by atoms with Crippen LogP contribution < -0.4 is 10.1 Å². The Kier molecular flexibility index (Phi) is 6.19. The van der Waals surface area contributed by atoms with E-state index in [0.717, 1.165) is 6.42 Å². The van der Waals surface area contributed by atoms with Gasteiger partial charge in [0.1, 0.15) is 17.2 Å². The van der Waals surface area contributed by atoms with Crippen LogP contribution in [0.1, 0.15) is 18.4 Å². The molecule has 0 radical (unpaired) electrons. The number of benzene rings is 1. The Bertz CT molecular complexity index is 1100. The molecule has 2 aliphatic heterocycles. The van der Waals surface area contributed by atoms with E-state index in [1.807, 2.05) is 4.90 Å². The van der Waals surface area contributed by atoms with Crippen LogP contribution in [0.4, 0.5) is 5.69 Å². The number of aromatic nitrogens is 1. The molecule has 3 heterocycles. The molecular weight excluding hydrogens is 420 g/mol. The van der Waals surface area contributed by atoms with Gasteiger partial charge in [-0.15, -0.1) is 4.40 Å². The average Bonchev–Trinajstić information content (AvgIpc) is 3.06. The normalized spacial score (nSPS) is 19.5. The Morgan fingerprint density at radius 3 is 2.90 bits per heavy atom. The minimum Gasteiger partial charge on any atom is -0.474 e. The molecule has 1 aromatic heterocycles. The number of anilines is 1. The zero-order valence-electron chi connectivity index (χ0n) is 17.2. The number of methoxy groups -OCH3 is 1. The lowest BCUT2D eigenvalue weighted by Gasteiger charge is -2.33. The highest BCUT2D eigenvalue weighted by molar-refractivity contribution is 7.90. The number of piperidine rings is 1. The Hall–Kier alpha value is -2.98. The Balaban J connectivity index is 1.47. The second-order valence-electron chi connectivity index (χ2n) is 7.36. The van der Waals surface area contributed by atoms with Crippen molar-refractivity contribution in [2.45, 2.75) is 17.7 Å². The summed E-state index contributed by atoms with van der Waals surface area (Å²) in [6, 6.07) is 10.2. The summed E-state index contributed by atoms with van der Waals surface area (Å²) < 4.78 is 39.3. The summed E-state index contributed by atoms with van der Waals surface area (Å²) >= 11 is 0. The number of rotatable bonds is 6. The third kappa shape index (κ3) is 4.54. The number of nitrogens with one attached hydrogen (secondary N) is 1. The number of hydrogen-bond acceptors (Lipinski definition) is 7. The SMILES string of the molecule is COCCOc1ncccc1NC(=O)C1CCCN(C2=NS(=O)(=O)c3ccccc32)C1. The van der Waals surface area contributed by atoms with Gasteiger partial charge in [-0.1, -0.05) is 12.1 Å². The molecule has 0 saturated carbocycles. The van der Waals surface area contributed by atoms with Gasteiger partial charge in [0, 0.05) is 32.0 Å². The number of hydrogen-bond donors (Lipinski definition) is 1. The highest BCUT2D eigenvalue weighted by atomic mass is 32.2. The molecule has 1 amide bonds. The maximum absolute atomic E-state index is 13.0. The van der Waals surface area contributed by atoms with Crippen molar-refractivity contribution >= 4 is 27.5 Å². The van der Waals surface area contributed by atoms with E-state index in [-0.39, 0.29) is 16.7 Å². The van der Waals surface area contributed by atoms with E-state index in [9.17, 15) is 13.2 Å².